The predicted molar refractivity (Wildman–Crippen MR) is 159 cm³/mol. The van der Waals surface area contributed by atoms with Gasteiger partial charge in [-0.2, -0.15) is 15.0 Å². The number of phenols is 3. The highest BCUT2D eigenvalue weighted by molar-refractivity contribution is 5.73. The van der Waals surface area contributed by atoms with Gasteiger partial charge in [0.1, 0.15) is 17.2 Å². The maximum Gasteiger partial charge on any atom is 0.311 e. The molecule has 0 aliphatic heterocycles. The molecule has 0 unspecified atom stereocenters. The van der Waals surface area contributed by atoms with Crippen LogP contribution in [0.5, 0.6) is 17.2 Å². The van der Waals surface area contributed by atoms with E-state index in [1.807, 2.05) is 0 Å². The number of hydrogen-bond acceptors (Lipinski definition) is 15. The number of ether oxygens (including phenoxy) is 3. The summed E-state index contributed by atoms with van der Waals surface area (Å²) in [7, 11) is 0. The molecule has 3 aromatic carbocycles. The summed E-state index contributed by atoms with van der Waals surface area (Å²) in [4.78, 5) is 49.1. The molecule has 1 heterocycles. The van der Waals surface area contributed by atoms with Gasteiger partial charge >= 0.3 is 17.9 Å². The van der Waals surface area contributed by atoms with Gasteiger partial charge in [0.15, 0.2) is 20.2 Å². The van der Waals surface area contributed by atoms with Gasteiger partial charge in [-0.05, 0) is 53.1 Å². The molecule has 0 atom stereocenters. The van der Waals surface area contributed by atoms with Crippen molar-refractivity contribution < 1.29 is 43.9 Å². The Bertz CT molecular complexity index is 1380. The summed E-state index contributed by atoms with van der Waals surface area (Å²) >= 11 is 0. The molecule has 15 heteroatoms. The Labute approximate surface area is 256 Å². The Morgan fingerprint density at radius 1 is 0.467 bits per heavy atom. The molecule has 0 aliphatic rings. The van der Waals surface area contributed by atoms with Crippen LogP contribution in [0.4, 0.5) is 17.8 Å². The van der Waals surface area contributed by atoms with Crippen molar-refractivity contribution in [3.05, 3.63) is 89.5 Å². The second kappa shape index (κ2) is 15.9. The van der Waals surface area contributed by atoms with E-state index in [0.29, 0.717) is 16.7 Å². The first-order valence-corrected chi connectivity index (χ1v) is 13.5. The van der Waals surface area contributed by atoms with Crippen LogP contribution in [0.2, 0.25) is 0 Å². The van der Waals surface area contributed by atoms with Crippen molar-refractivity contribution in [2.24, 2.45) is 0 Å². The number of nitrogens with one attached hydrogen (secondary N) is 3. The first kappa shape index (κ1) is 31.8. The summed E-state index contributed by atoms with van der Waals surface area (Å²) in [6.45, 7) is -0.866. The van der Waals surface area contributed by atoms with E-state index in [2.05, 4.69) is 30.9 Å². The van der Waals surface area contributed by atoms with E-state index in [-0.39, 0.29) is 74.5 Å². The fourth-order valence-corrected chi connectivity index (χ4v) is 3.65. The van der Waals surface area contributed by atoms with Gasteiger partial charge in [0, 0.05) is 0 Å². The lowest BCUT2D eigenvalue weighted by molar-refractivity contribution is -0.143. The Balaban J connectivity index is 1.31. The molecule has 0 amide bonds. The van der Waals surface area contributed by atoms with Crippen LogP contribution in [0.15, 0.2) is 72.8 Å². The number of carbonyl (C=O) groups excluding carboxylic acids is 3. The molecular formula is C30H30N6O9. The number of carbonyl (C=O) groups is 3. The van der Waals surface area contributed by atoms with Crippen LogP contribution in [0.1, 0.15) is 16.7 Å². The average Bonchev–Trinajstić information content (AvgIpc) is 3.01. The third-order valence-electron chi connectivity index (χ3n) is 5.88. The standard InChI is InChI=1S/C30H30N6O9/c37-22-7-1-19(2-8-22)13-25(40)43-16-31-28-34-29(32-17-44-26(41)14-20-3-9-23(38)10-4-20)36-30(35-28)33-18-45-27(42)15-21-5-11-24(39)12-6-21/h1-12,37-39H,13-18H2,(H3,31,32,33,34,35,36). The van der Waals surface area contributed by atoms with Gasteiger partial charge in [0.25, 0.3) is 0 Å². The molecule has 6 N–H and O–H groups in total. The highest BCUT2D eigenvalue weighted by Crippen LogP contribution is 2.14. The maximum atomic E-state index is 12.2. The van der Waals surface area contributed by atoms with Gasteiger partial charge in [-0.3, -0.25) is 14.4 Å². The van der Waals surface area contributed by atoms with Crippen LogP contribution >= 0.6 is 0 Å². The minimum atomic E-state index is -0.542. The van der Waals surface area contributed by atoms with Crippen LogP contribution in [0.3, 0.4) is 0 Å². The minimum absolute atomic E-state index is 0.0155. The SMILES string of the molecule is O=C(Cc1ccc(O)cc1)OCNc1nc(NCOC(=O)Cc2ccc(O)cc2)nc(NCOC(=O)Cc2ccc(O)cc2)n1. The Morgan fingerprint density at radius 2 is 0.711 bits per heavy atom. The molecule has 15 nitrogen and oxygen atoms in total. The van der Waals surface area contributed by atoms with Crippen LogP contribution in [-0.2, 0) is 47.9 Å². The molecule has 0 fully saturated rings. The van der Waals surface area contributed by atoms with E-state index in [0.717, 1.165) is 0 Å². The van der Waals surface area contributed by atoms with Crippen molar-refractivity contribution >= 4 is 35.8 Å². The van der Waals surface area contributed by atoms with Crippen molar-refractivity contribution in [3.8, 4) is 17.2 Å². The van der Waals surface area contributed by atoms with E-state index < -0.39 is 17.9 Å². The van der Waals surface area contributed by atoms with Crippen molar-refractivity contribution in [1.82, 2.24) is 15.0 Å². The van der Waals surface area contributed by atoms with Crippen LogP contribution in [0, 0.1) is 0 Å². The number of aromatic nitrogens is 3. The number of esters is 3. The number of anilines is 3. The zero-order valence-corrected chi connectivity index (χ0v) is 23.8. The van der Waals surface area contributed by atoms with E-state index in [4.69, 9.17) is 14.2 Å². The first-order chi connectivity index (χ1) is 21.7. The van der Waals surface area contributed by atoms with Crippen molar-refractivity contribution in [1.29, 1.82) is 0 Å². The van der Waals surface area contributed by atoms with Crippen molar-refractivity contribution in [2.45, 2.75) is 19.3 Å². The lowest BCUT2D eigenvalue weighted by atomic mass is 10.1. The molecule has 45 heavy (non-hydrogen) atoms. The lowest BCUT2D eigenvalue weighted by Gasteiger charge is -2.12. The molecule has 4 aromatic rings. The summed E-state index contributed by atoms with van der Waals surface area (Å²) in [6, 6.07) is 18.4. The molecule has 0 saturated carbocycles. The zero-order chi connectivity index (χ0) is 32.0. The van der Waals surface area contributed by atoms with Crippen LogP contribution in [0.25, 0.3) is 0 Å². The quantitative estimate of drug-likeness (QED) is 0.0641. The number of aromatic hydroxyl groups is 3. The number of benzene rings is 3. The van der Waals surface area contributed by atoms with E-state index in [1.165, 1.54) is 36.4 Å². The predicted octanol–water partition coefficient (Wildman–Crippen LogP) is 2.45. The van der Waals surface area contributed by atoms with Crippen molar-refractivity contribution in [2.75, 3.05) is 36.1 Å². The Kier molecular flexibility index (Phi) is 11.3. The fraction of sp³-hybridized carbons (Fsp3) is 0.200. The molecule has 234 valence electrons. The first-order valence-electron chi connectivity index (χ1n) is 13.5. The highest BCUT2D eigenvalue weighted by atomic mass is 16.5. The second-order valence-corrected chi connectivity index (χ2v) is 9.35. The summed E-state index contributed by atoms with van der Waals surface area (Å²) < 4.78 is 15.6. The molecule has 0 radical (unpaired) electrons. The van der Waals surface area contributed by atoms with Gasteiger partial charge in [-0.15, -0.1) is 0 Å². The average molecular weight is 619 g/mol. The van der Waals surface area contributed by atoms with Gasteiger partial charge in [0.05, 0.1) is 19.3 Å². The molecular weight excluding hydrogens is 588 g/mol. The van der Waals surface area contributed by atoms with E-state index in [9.17, 15) is 29.7 Å². The summed E-state index contributed by atoms with van der Waals surface area (Å²) in [5.41, 5.74) is 1.95. The maximum absolute atomic E-state index is 12.2. The normalized spacial score (nSPS) is 10.4. The monoisotopic (exact) mass is 618 g/mol. The van der Waals surface area contributed by atoms with Crippen molar-refractivity contribution in [3.63, 3.8) is 0 Å². The topological polar surface area (TPSA) is 214 Å². The van der Waals surface area contributed by atoms with Crippen LogP contribution in [-0.4, -0.2) is 68.4 Å². The molecule has 0 bridgehead atoms. The van der Waals surface area contributed by atoms with E-state index >= 15 is 0 Å². The van der Waals surface area contributed by atoms with E-state index in [1.54, 1.807) is 36.4 Å². The molecule has 4 rings (SSSR count). The number of nitrogens with zero attached hydrogens (tertiary/aromatic N) is 3. The smallest absolute Gasteiger partial charge is 0.311 e. The van der Waals surface area contributed by atoms with Gasteiger partial charge in [0.2, 0.25) is 17.8 Å². The third kappa shape index (κ3) is 11.2. The second-order valence-electron chi connectivity index (χ2n) is 9.35. The number of rotatable bonds is 15. The molecule has 0 aliphatic carbocycles. The molecule has 1 aromatic heterocycles. The minimum Gasteiger partial charge on any atom is -0.508 e. The molecule has 0 saturated heterocycles. The van der Waals surface area contributed by atoms with Crippen LogP contribution < -0.4 is 16.0 Å². The third-order valence-corrected chi connectivity index (χ3v) is 5.88. The van der Waals surface area contributed by atoms with Gasteiger partial charge in [-0.25, -0.2) is 0 Å². The zero-order valence-electron chi connectivity index (χ0n) is 23.8. The summed E-state index contributed by atoms with van der Waals surface area (Å²) in [5.74, 6) is -1.43. The number of phenolic OH excluding ortho intramolecular Hbond substituents is 3. The van der Waals surface area contributed by atoms with Gasteiger partial charge in [-0.1, -0.05) is 36.4 Å². The summed E-state index contributed by atoms with van der Waals surface area (Å²) in [5, 5.41) is 36.4. The fourth-order valence-electron chi connectivity index (χ4n) is 3.65. The van der Waals surface area contributed by atoms with Gasteiger partial charge < -0.3 is 45.5 Å². The highest BCUT2D eigenvalue weighted by Gasteiger charge is 2.11. The molecule has 0 spiro atoms. The Hall–Kier alpha value is -6.12. The number of hydrogen-bond donors (Lipinski definition) is 6. The summed E-state index contributed by atoms with van der Waals surface area (Å²) in [6.07, 6.45) is -0.0720. The largest absolute Gasteiger partial charge is 0.508 e. The lowest BCUT2D eigenvalue weighted by Crippen LogP contribution is -2.20. The Morgan fingerprint density at radius 3 is 0.956 bits per heavy atom.